The van der Waals surface area contributed by atoms with Crippen LogP contribution in [0, 0.1) is 5.92 Å². The lowest BCUT2D eigenvalue weighted by Crippen LogP contribution is -2.17. The minimum Gasteiger partial charge on any atom is -0.411 e. The fraction of sp³-hybridized carbons (Fsp3) is 0.500. The zero-order valence-electron chi connectivity index (χ0n) is 9.70. The molecule has 96 valence electrons. The summed E-state index contributed by atoms with van der Waals surface area (Å²) in [5.74, 6) is -0.0782. The summed E-state index contributed by atoms with van der Waals surface area (Å²) >= 11 is 1.08. The molecule has 1 aromatic rings. The van der Waals surface area contributed by atoms with Gasteiger partial charge in [0.15, 0.2) is 0 Å². The van der Waals surface area contributed by atoms with Crippen molar-refractivity contribution in [2.24, 2.45) is 16.2 Å². The van der Waals surface area contributed by atoms with E-state index >= 15 is 0 Å². The lowest BCUT2D eigenvalue weighted by Gasteiger charge is -2.18. The van der Waals surface area contributed by atoms with Crippen molar-refractivity contribution in [3.8, 4) is 0 Å². The molecule has 0 aliphatic heterocycles. The lowest BCUT2D eigenvalue weighted by atomic mass is 9.88. The number of primary sulfonamides is 1. The first kappa shape index (κ1) is 14.1. The Morgan fingerprint density at radius 2 is 2.29 bits per heavy atom. The molecule has 0 saturated heterocycles. The number of thiophene rings is 1. The molecule has 1 aromatic heterocycles. The second-order valence-electron chi connectivity index (χ2n) is 3.88. The van der Waals surface area contributed by atoms with Crippen LogP contribution in [0.5, 0.6) is 0 Å². The van der Waals surface area contributed by atoms with E-state index in [0.717, 1.165) is 17.8 Å². The van der Waals surface area contributed by atoms with Crippen molar-refractivity contribution in [2.75, 3.05) is 0 Å². The van der Waals surface area contributed by atoms with Crippen LogP contribution in [0.15, 0.2) is 20.8 Å². The van der Waals surface area contributed by atoms with Gasteiger partial charge in [-0.1, -0.05) is 20.3 Å². The molecular formula is C10H16N2O3S2. The van der Waals surface area contributed by atoms with Crippen LogP contribution in [0.4, 0.5) is 0 Å². The SMILES string of the molecule is CC[C@H](C)[C@H](/C=N/O)c1ccsc1S(N)(=O)=O. The van der Waals surface area contributed by atoms with Crippen molar-refractivity contribution in [1.29, 1.82) is 0 Å². The number of hydrogen-bond acceptors (Lipinski definition) is 5. The summed E-state index contributed by atoms with van der Waals surface area (Å²) in [5, 5.41) is 18.5. The average Bonchev–Trinajstić information content (AvgIpc) is 2.73. The van der Waals surface area contributed by atoms with Gasteiger partial charge in [-0.3, -0.25) is 0 Å². The minimum absolute atomic E-state index is 0.141. The smallest absolute Gasteiger partial charge is 0.247 e. The molecule has 3 N–H and O–H groups in total. The molecule has 0 bridgehead atoms. The highest BCUT2D eigenvalue weighted by Gasteiger charge is 2.25. The Labute approximate surface area is 105 Å². The Bertz CT molecular complexity index is 493. The molecule has 0 fully saturated rings. The lowest BCUT2D eigenvalue weighted by molar-refractivity contribution is 0.317. The first-order chi connectivity index (χ1) is 7.91. The molecule has 7 heteroatoms. The topological polar surface area (TPSA) is 92.8 Å². The van der Waals surface area contributed by atoms with E-state index in [1.54, 1.807) is 11.4 Å². The number of oxime groups is 1. The van der Waals surface area contributed by atoms with Crippen molar-refractivity contribution < 1.29 is 13.6 Å². The molecule has 0 aliphatic rings. The molecule has 0 spiro atoms. The Hall–Kier alpha value is -0.920. The molecule has 0 saturated carbocycles. The Morgan fingerprint density at radius 3 is 2.76 bits per heavy atom. The summed E-state index contributed by atoms with van der Waals surface area (Å²) in [6.45, 7) is 3.96. The monoisotopic (exact) mass is 276 g/mol. The van der Waals surface area contributed by atoms with Crippen molar-refractivity contribution >= 4 is 27.6 Å². The molecule has 0 amide bonds. The minimum atomic E-state index is -3.72. The molecule has 5 nitrogen and oxygen atoms in total. The van der Waals surface area contributed by atoms with E-state index in [2.05, 4.69) is 5.16 Å². The number of hydrogen-bond donors (Lipinski definition) is 2. The fourth-order valence-corrected chi connectivity index (χ4v) is 3.56. The Kier molecular flexibility index (Phi) is 4.67. The van der Waals surface area contributed by atoms with E-state index in [-0.39, 0.29) is 16.0 Å². The molecule has 1 rings (SSSR count). The fourth-order valence-electron chi connectivity index (χ4n) is 1.64. The van der Waals surface area contributed by atoms with Gasteiger partial charge >= 0.3 is 0 Å². The van der Waals surface area contributed by atoms with E-state index < -0.39 is 10.0 Å². The first-order valence-electron chi connectivity index (χ1n) is 5.19. The van der Waals surface area contributed by atoms with E-state index in [4.69, 9.17) is 10.3 Å². The van der Waals surface area contributed by atoms with Crippen LogP contribution in [0.25, 0.3) is 0 Å². The Morgan fingerprint density at radius 1 is 1.65 bits per heavy atom. The van der Waals surface area contributed by atoms with Gasteiger partial charge in [-0.25, -0.2) is 13.6 Å². The van der Waals surface area contributed by atoms with Crippen LogP contribution in [0.3, 0.4) is 0 Å². The van der Waals surface area contributed by atoms with Crippen LogP contribution >= 0.6 is 11.3 Å². The highest BCUT2D eigenvalue weighted by Crippen LogP contribution is 2.33. The molecule has 1 heterocycles. The number of sulfonamides is 1. The zero-order chi connectivity index (χ0) is 13.1. The molecule has 17 heavy (non-hydrogen) atoms. The van der Waals surface area contributed by atoms with Gasteiger partial charge in [-0.2, -0.15) is 0 Å². The maximum absolute atomic E-state index is 11.4. The quantitative estimate of drug-likeness (QED) is 0.489. The van der Waals surface area contributed by atoms with E-state index in [9.17, 15) is 8.42 Å². The van der Waals surface area contributed by atoms with Gasteiger partial charge in [0.2, 0.25) is 10.0 Å². The summed E-state index contributed by atoms with van der Waals surface area (Å²) in [6.07, 6.45) is 2.20. The second-order valence-corrected chi connectivity index (χ2v) is 6.56. The summed E-state index contributed by atoms with van der Waals surface area (Å²) in [5.41, 5.74) is 0.602. The molecule has 2 atom stereocenters. The normalized spacial score (nSPS) is 16.2. The highest BCUT2D eigenvalue weighted by molar-refractivity contribution is 7.91. The van der Waals surface area contributed by atoms with Crippen molar-refractivity contribution in [2.45, 2.75) is 30.4 Å². The maximum Gasteiger partial charge on any atom is 0.247 e. The molecular weight excluding hydrogens is 260 g/mol. The highest BCUT2D eigenvalue weighted by atomic mass is 32.2. The third-order valence-corrected chi connectivity index (χ3v) is 5.22. The van der Waals surface area contributed by atoms with Crippen LogP contribution < -0.4 is 5.14 Å². The molecule has 0 radical (unpaired) electrons. The zero-order valence-corrected chi connectivity index (χ0v) is 11.3. The van der Waals surface area contributed by atoms with E-state index in [1.807, 2.05) is 13.8 Å². The number of rotatable bonds is 5. The summed E-state index contributed by atoms with van der Waals surface area (Å²) < 4.78 is 23.0. The van der Waals surface area contributed by atoms with Crippen LogP contribution in [0.2, 0.25) is 0 Å². The van der Waals surface area contributed by atoms with Gasteiger partial charge in [-0.15, -0.1) is 16.5 Å². The standard InChI is InChI=1S/C10H16N2O3S2/c1-3-7(2)9(6-12-13)8-4-5-16-10(8)17(11,14)15/h4-7,9,13H,3H2,1-2H3,(H2,11,14,15)/b12-6+/t7-,9-/m0/s1. The van der Waals surface area contributed by atoms with Gasteiger partial charge < -0.3 is 5.21 Å². The van der Waals surface area contributed by atoms with Crippen molar-refractivity contribution in [1.82, 2.24) is 0 Å². The summed E-state index contributed by atoms with van der Waals surface area (Å²) in [6, 6.07) is 1.71. The van der Waals surface area contributed by atoms with Gasteiger partial charge in [-0.05, 0) is 22.9 Å². The van der Waals surface area contributed by atoms with E-state index in [0.29, 0.717) is 5.56 Å². The second kappa shape index (κ2) is 5.61. The van der Waals surface area contributed by atoms with Gasteiger partial charge in [0.25, 0.3) is 0 Å². The summed E-state index contributed by atoms with van der Waals surface area (Å²) in [4.78, 5) is 0. The number of nitrogens with zero attached hydrogens (tertiary/aromatic N) is 1. The molecule has 0 aromatic carbocycles. The van der Waals surface area contributed by atoms with Crippen LogP contribution in [-0.4, -0.2) is 19.8 Å². The largest absolute Gasteiger partial charge is 0.411 e. The predicted octanol–water partition coefficient (Wildman–Crippen LogP) is 1.99. The third-order valence-electron chi connectivity index (χ3n) is 2.76. The number of nitrogens with two attached hydrogens (primary N) is 1. The van der Waals surface area contributed by atoms with Crippen molar-refractivity contribution in [3.05, 3.63) is 17.0 Å². The van der Waals surface area contributed by atoms with Gasteiger partial charge in [0.05, 0.1) is 6.21 Å². The van der Waals surface area contributed by atoms with E-state index in [1.165, 1.54) is 6.21 Å². The van der Waals surface area contributed by atoms with Crippen molar-refractivity contribution in [3.63, 3.8) is 0 Å². The van der Waals surface area contributed by atoms with Gasteiger partial charge in [0.1, 0.15) is 4.21 Å². The van der Waals surface area contributed by atoms with Crippen LogP contribution in [-0.2, 0) is 10.0 Å². The molecule has 0 aliphatic carbocycles. The van der Waals surface area contributed by atoms with Gasteiger partial charge in [0, 0.05) is 5.92 Å². The predicted molar refractivity (Wildman–Crippen MR) is 68.2 cm³/mol. The first-order valence-corrected chi connectivity index (χ1v) is 7.62. The molecule has 0 unspecified atom stereocenters. The summed E-state index contributed by atoms with van der Waals surface area (Å²) in [7, 11) is -3.72. The average molecular weight is 276 g/mol. The van der Waals surface area contributed by atoms with Crippen LogP contribution in [0.1, 0.15) is 31.7 Å². The Balaban J connectivity index is 3.25. The third kappa shape index (κ3) is 3.27. The maximum atomic E-state index is 11.4.